The van der Waals surface area contributed by atoms with Gasteiger partial charge in [0, 0.05) is 23.8 Å². The molecule has 0 bridgehead atoms. The van der Waals surface area contributed by atoms with Gasteiger partial charge in [0.2, 0.25) is 0 Å². The highest BCUT2D eigenvalue weighted by atomic mass is 15.0. The molecule has 0 unspecified atom stereocenters. The van der Waals surface area contributed by atoms with E-state index in [1.165, 1.54) is 22.2 Å². The third-order valence-corrected chi connectivity index (χ3v) is 3.59. The smallest absolute Gasteiger partial charge is 0.140 e. The van der Waals surface area contributed by atoms with Crippen LogP contribution in [0, 0.1) is 26.2 Å². The standard InChI is InChI=1S/C16H24N2/c1-10-8-11(2)17-15-14(10)13(9-16(4,5)6)12(3)18(15)7/h8H,9H2,1-7H3. The van der Waals surface area contributed by atoms with E-state index in [4.69, 9.17) is 4.98 Å². The first-order valence-electron chi connectivity index (χ1n) is 6.63. The van der Waals surface area contributed by atoms with Crippen molar-refractivity contribution in [3.8, 4) is 0 Å². The van der Waals surface area contributed by atoms with Gasteiger partial charge in [-0.15, -0.1) is 0 Å². The molecule has 0 fully saturated rings. The molecule has 0 spiro atoms. The average molecular weight is 244 g/mol. The lowest BCUT2D eigenvalue weighted by Crippen LogP contribution is -2.10. The molecule has 2 aromatic rings. The van der Waals surface area contributed by atoms with Crippen LogP contribution in [0.15, 0.2) is 6.07 Å². The molecular formula is C16H24N2. The van der Waals surface area contributed by atoms with Crippen molar-refractivity contribution in [2.45, 2.75) is 48.0 Å². The first kappa shape index (κ1) is 13.1. The Bertz CT molecular complexity index is 598. The van der Waals surface area contributed by atoms with Crippen LogP contribution >= 0.6 is 0 Å². The lowest BCUT2D eigenvalue weighted by atomic mass is 9.86. The summed E-state index contributed by atoms with van der Waals surface area (Å²) in [7, 11) is 2.12. The maximum atomic E-state index is 4.71. The monoisotopic (exact) mass is 244 g/mol. The minimum atomic E-state index is 0.302. The molecule has 2 rings (SSSR count). The number of aryl methyl sites for hydroxylation is 3. The summed E-state index contributed by atoms with van der Waals surface area (Å²) in [5, 5.41) is 1.36. The van der Waals surface area contributed by atoms with E-state index in [9.17, 15) is 0 Å². The fraction of sp³-hybridized carbons (Fsp3) is 0.562. The summed E-state index contributed by atoms with van der Waals surface area (Å²) in [6.07, 6.45) is 1.10. The van der Waals surface area contributed by atoms with Crippen LogP contribution in [0.2, 0.25) is 0 Å². The van der Waals surface area contributed by atoms with E-state index in [0.29, 0.717) is 5.41 Å². The topological polar surface area (TPSA) is 17.8 Å². The summed E-state index contributed by atoms with van der Waals surface area (Å²) in [6, 6.07) is 2.19. The van der Waals surface area contributed by atoms with Crippen LogP contribution in [-0.2, 0) is 13.5 Å². The lowest BCUT2D eigenvalue weighted by molar-refractivity contribution is 0.411. The normalized spacial score (nSPS) is 12.4. The van der Waals surface area contributed by atoms with Crippen LogP contribution in [0.25, 0.3) is 11.0 Å². The van der Waals surface area contributed by atoms with Crippen LogP contribution in [0.3, 0.4) is 0 Å². The fourth-order valence-electron chi connectivity index (χ4n) is 2.72. The quantitative estimate of drug-likeness (QED) is 0.739. The van der Waals surface area contributed by atoms with Crippen molar-refractivity contribution in [2.75, 3.05) is 0 Å². The molecule has 2 nitrogen and oxygen atoms in total. The van der Waals surface area contributed by atoms with E-state index >= 15 is 0 Å². The molecule has 2 heteroatoms. The van der Waals surface area contributed by atoms with E-state index in [1.54, 1.807) is 0 Å². The van der Waals surface area contributed by atoms with Gasteiger partial charge in [-0.2, -0.15) is 0 Å². The summed E-state index contributed by atoms with van der Waals surface area (Å²) in [5.41, 5.74) is 6.69. The van der Waals surface area contributed by atoms with Crippen molar-refractivity contribution < 1.29 is 0 Å². The van der Waals surface area contributed by atoms with Gasteiger partial charge in [-0.1, -0.05) is 20.8 Å². The molecule has 98 valence electrons. The van der Waals surface area contributed by atoms with Crippen molar-refractivity contribution in [3.63, 3.8) is 0 Å². The number of aromatic nitrogens is 2. The number of rotatable bonds is 1. The Hall–Kier alpha value is -1.31. The number of nitrogens with zero attached hydrogens (tertiary/aromatic N) is 2. The maximum absolute atomic E-state index is 4.71. The zero-order valence-electron chi connectivity index (χ0n) is 12.7. The Morgan fingerprint density at radius 2 is 1.78 bits per heavy atom. The van der Waals surface area contributed by atoms with E-state index in [1.807, 2.05) is 0 Å². The fourth-order valence-corrected chi connectivity index (χ4v) is 2.72. The van der Waals surface area contributed by atoms with Crippen molar-refractivity contribution in [1.29, 1.82) is 0 Å². The molecule has 0 atom stereocenters. The predicted molar refractivity (Wildman–Crippen MR) is 78.1 cm³/mol. The first-order valence-corrected chi connectivity index (χ1v) is 6.63. The highest BCUT2D eigenvalue weighted by Gasteiger charge is 2.20. The molecule has 0 aromatic carbocycles. The molecule has 0 aliphatic carbocycles. The van der Waals surface area contributed by atoms with E-state index < -0.39 is 0 Å². The first-order chi connectivity index (χ1) is 8.20. The molecular weight excluding hydrogens is 220 g/mol. The van der Waals surface area contributed by atoms with Crippen molar-refractivity contribution in [2.24, 2.45) is 12.5 Å². The lowest BCUT2D eigenvalue weighted by Gasteiger charge is -2.18. The zero-order chi connectivity index (χ0) is 13.7. The molecule has 0 saturated heterocycles. The van der Waals surface area contributed by atoms with Gasteiger partial charge in [-0.05, 0) is 49.8 Å². The summed E-state index contributed by atoms with van der Waals surface area (Å²) < 4.78 is 2.23. The number of hydrogen-bond donors (Lipinski definition) is 0. The third kappa shape index (κ3) is 2.16. The van der Waals surface area contributed by atoms with Gasteiger partial charge >= 0.3 is 0 Å². The summed E-state index contributed by atoms with van der Waals surface area (Å²) in [5.74, 6) is 0. The van der Waals surface area contributed by atoms with Crippen molar-refractivity contribution in [3.05, 3.63) is 28.6 Å². The molecule has 2 aromatic heterocycles. The van der Waals surface area contributed by atoms with Crippen LogP contribution in [-0.4, -0.2) is 9.55 Å². The summed E-state index contributed by atoms with van der Waals surface area (Å²) >= 11 is 0. The number of pyridine rings is 1. The van der Waals surface area contributed by atoms with Gasteiger partial charge in [0.1, 0.15) is 5.65 Å². The van der Waals surface area contributed by atoms with Gasteiger partial charge in [-0.3, -0.25) is 0 Å². The van der Waals surface area contributed by atoms with Crippen LogP contribution in [0.5, 0.6) is 0 Å². The van der Waals surface area contributed by atoms with Crippen molar-refractivity contribution >= 4 is 11.0 Å². The molecule has 0 saturated carbocycles. The van der Waals surface area contributed by atoms with E-state index in [2.05, 4.69) is 59.2 Å². The van der Waals surface area contributed by atoms with Gasteiger partial charge in [-0.25, -0.2) is 4.98 Å². The Morgan fingerprint density at radius 3 is 2.33 bits per heavy atom. The second-order valence-electron chi connectivity index (χ2n) is 6.64. The van der Waals surface area contributed by atoms with Crippen molar-refractivity contribution in [1.82, 2.24) is 9.55 Å². The predicted octanol–water partition coefficient (Wildman–Crippen LogP) is 4.09. The Kier molecular flexibility index (Phi) is 3.00. The molecule has 0 aliphatic heterocycles. The Morgan fingerprint density at radius 1 is 1.17 bits per heavy atom. The third-order valence-electron chi connectivity index (χ3n) is 3.59. The second kappa shape index (κ2) is 4.11. The van der Waals surface area contributed by atoms with E-state index in [0.717, 1.165) is 17.8 Å². The van der Waals surface area contributed by atoms with Gasteiger partial charge < -0.3 is 4.57 Å². The van der Waals surface area contributed by atoms with E-state index in [-0.39, 0.29) is 0 Å². The SMILES string of the molecule is Cc1cc(C)c2c(CC(C)(C)C)c(C)n(C)c2n1. The van der Waals surface area contributed by atoms with Gasteiger partial charge in [0.05, 0.1) is 0 Å². The minimum Gasteiger partial charge on any atom is -0.333 e. The molecule has 0 radical (unpaired) electrons. The van der Waals surface area contributed by atoms with Crippen LogP contribution in [0.4, 0.5) is 0 Å². The Labute approximate surface area is 110 Å². The second-order valence-corrected chi connectivity index (χ2v) is 6.64. The maximum Gasteiger partial charge on any atom is 0.140 e. The molecule has 0 amide bonds. The minimum absolute atomic E-state index is 0.302. The summed E-state index contributed by atoms with van der Waals surface area (Å²) in [6.45, 7) is 13.4. The van der Waals surface area contributed by atoms with Gasteiger partial charge in [0.25, 0.3) is 0 Å². The molecule has 2 heterocycles. The zero-order valence-corrected chi connectivity index (χ0v) is 12.7. The molecule has 0 N–H and O–H groups in total. The van der Waals surface area contributed by atoms with Crippen LogP contribution < -0.4 is 0 Å². The number of hydrogen-bond acceptors (Lipinski definition) is 1. The summed E-state index contributed by atoms with van der Waals surface area (Å²) in [4.78, 5) is 4.71. The molecule has 0 aliphatic rings. The van der Waals surface area contributed by atoms with Gasteiger partial charge in [0.15, 0.2) is 0 Å². The number of fused-ring (bicyclic) bond motifs is 1. The average Bonchev–Trinajstić information content (AvgIpc) is 2.42. The Balaban J connectivity index is 2.77. The highest BCUT2D eigenvalue weighted by Crippen LogP contribution is 2.32. The highest BCUT2D eigenvalue weighted by molar-refractivity contribution is 5.85. The largest absolute Gasteiger partial charge is 0.333 e. The molecule has 18 heavy (non-hydrogen) atoms. The van der Waals surface area contributed by atoms with Crippen LogP contribution in [0.1, 0.15) is 43.3 Å².